The number of hydrogen-bond acceptors (Lipinski definition) is 3. The quantitative estimate of drug-likeness (QED) is 0.845. The summed E-state index contributed by atoms with van der Waals surface area (Å²) in [5, 5.41) is 2.96. The Morgan fingerprint density at radius 3 is 2.50 bits per heavy atom. The molecule has 3 rings (SSSR count). The third-order valence-electron chi connectivity index (χ3n) is 5.44. The topological polar surface area (TPSA) is 58.6 Å². The van der Waals surface area contributed by atoms with Crippen LogP contribution in [0.3, 0.4) is 0 Å². The number of carbonyl (C=O) groups is 2. The standard InChI is InChI=1S/C15H24N2O3/c1-4-15(5-2)14(19)17(9(3)13(18)16-15)11-8-10-6-7-12(11)20-10/h9-12H,4-8H2,1-3H3,(H,16,18). The second kappa shape index (κ2) is 4.72. The van der Waals surface area contributed by atoms with E-state index in [4.69, 9.17) is 4.74 Å². The Morgan fingerprint density at radius 1 is 1.30 bits per heavy atom. The maximum Gasteiger partial charge on any atom is 0.249 e. The first-order valence-corrected chi connectivity index (χ1v) is 7.82. The Balaban J connectivity index is 1.91. The number of rotatable bonds is 3. The third kappa shape index (κ3) is 1.79. The molecule has 3 heterocycles. The Morgan fingerprint density at radius 2 is 2.00 bits per heavy atom. The zero-order valence-corrected chi connectivity index (χ0v) is 12.5. The molecule has 3 aliphatic heterocycles. The third-order valence-corrected chi connectivity index (χ3v) is 5.44. The fraction of sp³-hybridized carbons (Fsp3) is 0.867. The van der Waals surface area contributed by atoms with Gasteiger partial charge in [-0.2, -0.15) is 0 Å². The Labute approximate surface area is 120 Å². The highest BCUT2D eigenvalue weighted by Gasteiger charge is 2.54. The Hall–Kier alpha value is -1.10. The summed E-state index contributed by atoms with van der Waals surface area (Å²) in [4.78, 5) is 27.1. The maximum atomic E-state index is 13.0. The molecule has 0 aromatic rings. The lowest BCUT2D eigenvalue weighted by Gasteiger charge is -2.48. The molecule has 2 bridgehead atoms. The van der Waals surface area contributed by atoms with E-state index in [-0.39, 0.29) is 36.1 Å². The maximum absolute atomic E-state index is 13.0. The number of piperazine rings is 1. The monoisotopic (exact) mass is 280 g/mol. The lowest BCUT2D eigenvalue weighted by Crippen LogP contribution is -2.71. The van der Waals surface area contributed by atoms with Crippen molar-refractivity contribution in [1.82, 2.24) is 10.2 Å². The minimum absolute atomic E-state index is 0.0314. The van der Waals surface area contributed by atoms with Crippen LogP contribution in [0.1, 0.15) is 52.9 Å². The number of ether oxygens (including phenoxy) is 1. The molecule has 5 nitrogen and oxygen atoms in total. The van der Waals surface area contributed by atoms with Gasteiger partial charge in [0.1, 0.15) is 11.6 Å². The van der Waals surface area contributed by atoms with Gasteiger partial charge in [0.15, 0.2) is 0 Å². The number of carbonyl (C=O) groups excluding carboxylic acids is 2. The molecule has 4 unspecified atom stereocenters. The fourth-order valence-electron chi connectivity index (χ4n) is 4.01. The van der Waals surface area contributed by atoms with E-state index in [2.05, 4.69) is 5.32 Å². The highest BCUT2D eigenvalue weighted by molar-refractivity contribution is 5.99. The van der Waals surface area contributed by atoms with Gasteiger partial charge in [0, 0.05) is 0 Å². The van der Waals surface area contributed by atoms with Crippen LogP contribution in [0.25, 0.3) is 0 Å². The van der Waals surface area contributed by atoms with Crippen LogP contribution in [0.4, 0.5) is 0 Å². The van der Waals surface area contributed by atoms with Crippen molar-refractivity contribution in [2.24, 2.45) is 0 Å². The summed E-state index contributed by atoms with van der Waals surface area (Å²) in [5.74, 6) is 0.0480. The van der Waals surface area contributed by atoms with Gasteiger partial charge in [-0.25, -0.2) is 0 Å². The van der Waals surface area contributed by atoms with Gasteiger partial charge in [-0.1, -0.05) is 13.8 Å². The van der Waals surface area contributed by atoms with Gasteiger partial charge in [-0.15, -0.1) is 0 Å². The number of nitrogens with one attached hydrogen (secondary N) is 1. The van der Waals surface area contributed by atoms with Crippen molar-refractivity contribution < 1.29 is 14.3 Å². The second-order valence-electron chi connectivity index (χ2n) is 6.34. The van der Waals surface area contributed by atoms with Crippen LogP contribution < -0.4 is 5.32 Å². The summed E-state index contributed by atoms with van der Waals surface area (Å²) in [7, 11) is 0. The van der Waals surface area contributed by atoms with E-state index in [1.54, 1.807) is 0 Å². The molecule has 3 fully saturated rings. The summed E-state index contributed by atoms with van der Waals surface area (Å²) in [6.45, 7) is 5.76. The van der Waals surface area contributed by atoms with Crippen LogP contribution in [0, 0.1) is 0 Å². The van der Waals surface area contributed by atoms with Crippen molar-refractivity contribution in [2.45, 2.75) is 82.7 Å². The van der Waals surface area contributed by atoms with Crippen LogP contribution in [0.2, 0.25) is 0 Å². The van der Waals surface area contributed by atoms with E-state index < -0.39 is 5.54 Å². The Bertz CT molecular complexity index is 433. The van der Waals surface area contributed by atoms with E-state index in [1.165, 1.54) is 0 Å². The molecule has 3 saturated heterocycles. The number of nitrogens with zero attached hydrogens (tertiary/aromatic N) is 1. The smallest absolute Gasteiger partial charge is 0.249 e. The van der Waals surface area contributed by atoms with Gasteiger partial charge in [-0.05, 0) is 39.0 Å². The first-order valence-electron chi connectivity index (χ1n) is 7.82. The van der Waals surface area contributed by atoms with E-state index in [0.717, 1.165) is 19.3 Å². The predicted octanol–water partition coefficient (Wildman–Crippen LogP) is 1.21. The molecule has 3 aliphatic rings. The molecule has 4 atom stereocenters. The molecule has 0 radical (unpaired) electrons. The van der Waals surface area contributed by atoms with Gasteiger partial charge in [-0.3, -0.25) is 9.59 Å². The van der Waals surface area contributed by atoms with E-state index >= 15 is 0 Å². The molecule has 5 heteroatoms. The summed E-state index contributed by atoms with van der Waals surface area (Å²) < 4.78 is 5.88. The molecule has 20 heavy (non-hydrogen) atoms. The lowest BCUT2D eigenvalue weighted by atomic mass is 9.84. The van der Waals surface area contributed by atoms with Gasteiger partial charge in [0.2, 0.25) is 11.8 Å². The van der Waals surface area contributed by atoms with Crippen molar-refractivity contribution in [1.29, 1.82) is 0 Å². The fourth-order valence-corrected chi connectivity index (χ4v) is 4.01. The van der Waals surface area contributed by atoms with E-state index in [1.807, 2.05) is 25.7 Å². The van der Waals surface area contributed by atoms with Crippen molar-refractivity contribution in [2.75, 3.05) is 0 Å². The summed E-state index contributed by atoms with van der Waals surface area (Å²) in [6, 6.07) is -0.304. The Kier molecular flexibility index (Phi) is 3.27. The van der Waals surface area contributed by atoms with E-state index in [9.17, 15) is 9.59 Å². The number of amides is 2. The first-order chi connectivity index (χ1) is 9.52. The molecule has 0 aliphatic carbocycles. The van der Waals surface area contributed by atoms with Crippen LogP contribution >= 0.6 is 0 Å². The highest BCUT2D eigenvalue weighted by atomic mass is 16.5. The normalized spacial score (nSPS) is 39.2. The van der Waals surface area contributed by atoms with Gasteiger partial charge in [0.25, 0.3) is 0 Å². The lowest BCUT2D eigenvalue weighted by molar-refractivity contribution is -0.159. The van der Waals surface area contributed by atoms with Crippen molar-refractivity contribution in [3.8, 4) is 0 Å². The predicted molar refractivity (Wildman–Crippen MR) is 74.1 cm³/mol. The summed E-state index contributed by atoms with van der Waals surface area (Å²) in [6.07, 6.45) is 4.68. The first kappa shape index (κ1) is 13.9. The minimum atomic E-state index is -0.717. The summed E-state index contributed by atoms with van der Waals surface area (Å²) in [5.41, 5.74) is -0.717. The average Bonchev–Trinajstić information content (AvgIpc) is 3.06. The molecule has 0 spiro atoms. The van der Waals surface area contributed by atoms with Gasteiger partial charge < -0.3 is 15.0 Å². The molecule has 0 saturated carbocycles. The molecule has 0 aromatic heterocycles. The van der Waals surface area contributed by atoms with Gasteiger partial charge >= 0.3 is 0 Å². The molecule has 1 N–H and O–H groups in total. The average molecular weight is 280 g/mol. The largest absolute Gasteiger partial charge is 0.373 e. The van der Waals surface area contributed by atoms with E-state index in [0.29, 0.717) is 12.8 Å². The highest BCUT2D eigenvalue weighted by Crippen LogP contribution is 2.40. The van der Waals surface area contributed by atoms with Crippen molar-refractivity contribution >= 4 is 11.8 Å². The number of fused-ring (bicyclic) bond motifs is 2. The van der Waals surface area contributed by atoms with Crippen molar-refractivity contribution in [3.63, 3.8) is 0 Å². The van der Waals surface area contributed by atoms with Crippen molar-refractivity contribution in [3.05, 3.63) is 0 Å². The molecular formula is C15H24N2O3. The number of hydrogen-bond donors (Lipinski definition) is 1. The SMILES string of the molecule is CCC1(CC)NC(=O)C(C)N(C2CC3CCC2O3)C1=O. The van der Waals surface area contributed by atoms with Crippen LogP contribution in [-0.4, -0.2) is 46.5 Å². The van der Waals surface area contributed by atoms with Crippen LogP contribution in [0.15, 0.2) is 0 Å². The zero-order valence-electron chi connectivity index (χ0n) is 12.5. The summed E-state index contributed by atoms with van der Waals surface area (Å²) >= 11 is 0. The zero-order chi connectivity index (χ0) is 14.5. The molecule has 2 amide bonds. The van der Waals surface area contributed by atoms with Crippen LogP contribution in [0.5, 0.6) is 0 Å². The van der Waals surface area contributed by atoms with Gasteiger partial charge in [0.05, 0.1) is 18.2 Å². The molecule has 112 valence electrons. The molecular weight excluding hydrogens is 256 g/mol. The minimum Gasteiger partial charge on any atom is -0.373 e. The molecule has 0 aromatic carbocycles. The van der Waals surface area contributed by atoms with Crippen LogP contribution in [-0.2, 0) is 14.3 Å². The second-order valence-corrected chi connectivity index (χ2v) is 6.34.